The normalized spacial score (nSPS) is 22.8. The lowest BCUT2D eigenvalue weighted by Gasteiger charge is -2.44. The zero-order valence-electron chi connectivity index (χ0n) is 15.3. The highest BCUT2D eigenvalue weighted by Crippen LogP contribution is 2.54. The van der Waals surface area contributed by atoms with Gasteiger partial charge in [-0.1, -0.05) is 58.7 Å². The minimum atomic E-state index is 0.566. The molecule has 0 aromatic heterocycles. The summed E-state index contributed by atoms with van der Waals surface area (Å²) in [4.78, 5) is 0. The number of hydrogen-bond donors (Lipinski definition) is 0. The van der Waals surface area contributed by atoms with E-state index in [1.165, 1.54) is 46.2 Å². The number of rotatable bonds is 4. The van der Waals surface area contributed by atoms with Crippen LogP contribution < -0.4 is 0 Å². The molecule has 1 aliphatic rings. The Hall–Kier alpha value is -0.700. The fourth-order valence-electron chi connectivity index (χ4n) is 4.34. The molecule has 6 unspecified atom stereocenters. The lowest BCUT2D eigenvalue weighted by Crippen LogP contribution is -2.32. The SMILES string of the molecule is Cc1cc(C)cc(C(P)C2CCC2C(P)c2cc(C)cc(C)c2)c1. The van der Waals surface area contributed by atoms with Crippen molar-refractivity contribution in [3.05, 3.63) is 69.8 Å². The lowest BCUT2D eigenvalue weighted by atomic mass is 9.67. The van der Waals surface area contributed by atoms with Gasteiger partial charge < -0.3 is 0 Å². The van der Waals surface area contributed by atoms with Gasteiger partial charge >= 0.3 is 0 Å². The van der Waals surface area contributed by atoms with Crippen molar-refractivity contribution < 1.29 is 0 Å². The minimum Gasteiger partial charge on any atom is -0.129 e. The van der Waals surface area contributed by atoms with Crippen molar-refractivity contribution in [2.45, 2.75) is 51.9 Å². The fraction of sp³-hybridized carbons (Fsp3) is 0.455. The molecule has 6 atom stereocenters. The molecule has 2 aromatic rings. The fourth-order valence-corrected chi connectivity index (χ4v) is 5.68. The summed E-state index contributed by atoms with van der Waals surface area (Å²) in [5.41, 5.74) is 9.63. The second kappa shape index (κ2) is 7.27. The van der Waals surface area contributed by atoms with Gasteiger partial charge in [-0.25, -0.2) is 0 Å². The molecule has 0 bridgehead atoms. The van der Waals surface area contributed by atoms with Crippen LogP contribution in [0.15, 0.2) is 36.4 Å². The van der Waals surface area contributed by atoms with Crippen LogP contribution >= 0.6 is 18.5 Å². The van der Waals surface area contributed by atoms with E-state index in [4.69, 9.17) is 0 Å². The smallest absolute Gasteiger partial charge is 0.00168 e. The molecule has 0 heterocycles. The molecule has 0 amide bonds. The van der Waals surface area contributed by atoms with E-state index in [1.54, 1.807) is 0 Å². The van der Waals surface area contributed by atoms with Crippen LogP contribution in [0.2, 0.25) is 0 Å². The van der Waals surface area contributed by atoms with Gasteiger partial charge in [0, 0.05) is 11.3 Å². The van der Waals surface area contributed by atoms with Crippen LogP contribution in [0.25, 0.3) is 0 Å². The predicted octanol–water partition coefficient (Wildman–Crippen LogP) is 6.48. The zero-order valence-corrected chi connectivity index (χ0v) is 17.7. The van der Waals surface area contributed by atoms with Crippen LogP contribution in [0.5, 0.6) is 0 Å². The second-order valence-electron chi connectivity index (χ2n) is 7.80. The summed E-state index contributed by atoms with van der Waals surface area (Å²) >= 11 is 0. The van der Waals surface area contributed by atoms with E-state index in [0.717, 1.165) is 11.8 Å². The maximum atomic E-state index is 3.14. The third-order valence-corrected chi connectivity index (χ3v) is 7.32. The third kappa shape index (κ3) is 3.76. The first-order valence-corrected chi connectivity index (χ1v) is 10.4. The van der Waals surface area contributed by atoms with E-state index in [0.29, 0.717) is 11.3 Å². The monoisotopic (exact) mass is 356 g/mol. The van der Waals surface area contributed by atoms with Crippen molar-refractivity contribution in [1.82, 2.24) is 0 Å². The topological polar surface area (TPSA) is 0 Å². The summed E-state index contributed by atoms with van der Waals surface area (Å²) in [5, 5.41) is 0. The Bertz CT molecular complexity index is 631. The molecule has 2 aromatic carbocycles. The highest BCUT2D eigenvalue weighted by molar-refractivity contribution is 7.17. The van der Waals surface area contributed by atoms with Crippen LogP contribution in [0.4, 0.5) is 0 Å². The van der Waals surface area contributed by atoms with Crippen LogP contribution in [-0.4, -0.2) is 0 Å². The Labute approximate surface area is 152 Å². The van der Waals surface area contributed by atoms with E-state index in [9.17, 15) is 0 Å². The van der Waals surface area contributed by atoms with Crippen molar-refractivity contribution in [3.63, 3.8) is 0 Å². The molecular weight excluding hydrogens is 326 g/mol. The highest BCUT2D eigenvalue weighted by Gasteiger charge is 2.39. The van der Waals surface area contributed by atoms with Crippen molar-refractivity contribution in [2.75, 3.05) is 0 Å². The van der Waals surface area contributed by atoms with Crippen LogP contribution in [0, 0.1) is 39.5 Å². The zero-order chi connectivity index (χ0) is 17.4. The molecule has 1 saturated carbocycles. The van der Waals surface area contributed by atoms with Crippen molar-refractivity contribution in [3.8, 4) is 0 Å². The van der Waals surface area contributed by atoms with E-state index >= 15 is 0 Å². The summed E-state index contributed by atoms with van der Waals surface area (Å²) < 4.78 is 0. The molecule has 128 valence electrons. The van der Waals surface area contributed by atoms with Gasteiger partial charge in [-0.2, -0.15) is 0 Å². The largest absolute Gasteiger partial charge is 0.129 e. The molecule has 0 nitrogen and oxygen atoms in total. The Morgan fingerprint density at radius 1 is 0.625 bits per heavy atom. The van der Waals surface area contributed by atoms with E-state index in [-0.39, 0.29) is 0 Å². The van der Waals surface area contributed by atoms with Gasteiger partial charge in [-0.05, 0) is 63.5 Å². The van der Waals surface area contributed by atoms with Crippen LogP contribution in [-0.2, 0) is 0 Å². The molecule has 0 radical (unpaired) electrons. The first-order chi connectivity index (χ1) is 11.3. The van der Waals surface area contributed by atoms with Crippen molar-refractivity contribution in [1.29, 1.82) is 0 Å². The molecule has 1 fully saturated rings. The van der Waals surface area contributed by atoms with Crippen LogP contribution in [0.3, 0.4) is 0 Å². The molecular formula is C22H30P2. The molecule has 2 heteroatoms. The summed E-state index contributed by atoms with van der Waals surface area (Å²) in [7, 11) is 6.29. The van der Waals surface area contributed by atoms with Gasteiger partial charge in [-0.3, -0.25) is 0 Å². The summed E-state index contributed by atoms with van der Waals surface area (Å²) in [6.45, 7) is 8.83. The van der Waals surface area contributed by atoms with Gasteiger partial charge in [0.25, 0.3) is 0 Å². The van der Waals surface area contributed by atoms with Gasteiger partial charge in [0.1, 0.15) is 0 Å². The molecule has 1 aliphatic carbocycles. The van der Waals surface area contributed by atoms with Crippen LogP contribution in [0.1, 0.15) is 57.5 Å². The second-order valence-corrected chi connectivity index (χ2v) is 9.24. The van der Waals surface area contributed by atoms with E-state index < -0.39 is 0 Å². The highest BCUT2D eigenvalue weighted by atomic mass is 31.0. The van der Waals surface area contributed by atoms with E-state index in [2.05, 4.69) is 82.6 Å². The Morgan fingerprint density at radius 3 is 1.17 bits per heavy atom. The maximum absolute atomic E-state index is 3.14. The molecule has 0 aliphatic heterocycles. The molecule has 3 rings (SSSR count). The van der Waals surface area contributed by atoms with Crippen molar-refractivity contribution in [2.24, 2.45) is 11.8 Å². The first-order valence-electron chi connectivity index (χ1n) is 9.02. The minimum absolute atomic E-state index is 0.566. The molecule has 0 spiro atoms. The molecule has 0 saturated heterocycles. The standard InChI is InChI=1S/C22H30P2/c1-13-7-14(2)10-17(9-13)21(23)19-5-6-20(19)22(24)18-11-15(3)8-16(4)12-18/h7-12,19-22H,5-6,23-24H2,1-4H3. The Morgan fingerprint density at radius 2 is 0.917 bits per heavy atom. The van der Waals surface area contributed by atoms with Gasteiger partial charge in [0.05, 0.1) is 0 Å². The van der Waals surface area contributed by atoms with Gasteiger partial charge in [0.2, 0.25) is 0 Å². The third-order valence-electron chi connectivity index (χ3n) is 5.56. The average molecular weight is 356 g/mol. The molecule has 24 heavy (non-hydrogen) atoms. The number of hydrogen-bond acceptors (Lipinski definition) is 0. The Kier molecular flexibility index (Phi) is 5.48. The predicted molar refractivity (Wildman–Crippen MR) is 113 cm³/mol. The van der Waals surface area contributed by atoms with Gasteiger partial charge in [-0.15, -0.1) is 18.5 Å². The first kappa shape index (κ1) is 18.1. The number of aryl methyl sites for hydroxylation is 4. The van der Waals surface area contributed by atoms with Gasteiger partial charge in [0.15, 0.2) is 0 Å². The quantitative estimate of drug-likeness (QED) is 0.550. The Balaban J connectivity index is 1.80. The maximum Gasteiger partial charge on any atom is 0.00168 e. The molecule has 0 N–H and O–H groups in total. The average Bonchev–Trinajstić information content (AvgIpc) is 2.43. The van der Waals surface area contributed by atoms with E-state index in [1.807, 2.05) is 0 Å². The van der Waals surface area contributed by atoms with Crippen molar-refractivity contribution >= 4 is 18.5 Å². The summed E-state index contributed by atoms with van der Waals surface area (Å²) in [6.07, 6.45) is 2.70. The lowest BCUT2D eigenvalue weighted by molar-refractivity contribution is 0.167. The summed E-state index contributed by atoms with van der Waals surface area (Å²) in [5.74, 6) is 1.53. The number of benzene rings is 2. The summed E-state index contributed by atoms with van der Waals surface area (Å²) in [6, 6.07) is 14.0.